The zero-order chi connectivity index (χ0) is 11.2. The maximum absolute atomic E-state index is 6.09. The molecule has 0 atom stereocenters. The Bertz CT molecular complexity index is 526. The average molecular weight is 235 g/mol. The van der Waals surface area contributed by atoms with Gasteiger partial charge in [-0.25, -0.2) is 0 Å². The average Bonchev–Trinajstić information content (AvgIpc) is 2.92. The molecule has 0 unspecified atom stereocenters. The first-order valence-electron chi connectivity index (χ1n) is 5.71. The van der Waals surface area contributed by atoms with Gasteiger partial charge in [0.15, 0.2) is 0 Å². The van der Waals surface area contributed by atoms with Crippen molar-refractivity contribution in [2.75, 3.05) is 0 Å². The smallest absolute Gasteiger partial charge is 0.0659 e. The van der Waals surface area contributed by atoms with Gasteiger partial charge in [0, 0.05) is 22.6 Å². The number of rotatable bonds is 3. The standard InChI is InChI=1S/C13H15ClN2/c14-11-8-16-12-2-1-9(7-10(11)12)3-4-13(15)5-6-13/h1-2,7-8,16H,3-6,15H2. The van der Waals surface area contributed by atoms with Crippen LogP contribution in [0.15, 0.2) is 24.4 Å². The second kappa shape index (κ2) is 3.51. The van der Waals surface area contributed by atoms with Gasteiger partial charge in [-0.1, -0.05) is 17.7 Å². The summed E-state index contributed by atoms with van der Waals surface area (Å²) in [6.07, 6.45) is 6.33. The van der Waals surface area contributed by atoms with E-state index in [1.54, 1.807) is 0 Å². The molecule has 3 N–H and O–H groups in total. The molecule has 0 saturated heterocycles. The minimum Gasteiger partial charge on any atom is -0.360 e. The van der Waals surface area contributed by atoms with Crippen molar-refractivity contribution in [2.45, 2.75) is 31.2 Å². The van der Waals surface area contributed by atoms with Crippen molar-refractivity contribution in [2.24, 2.45) is 5.73 Å². The molecule has 84 valence electrons. The number of hydrogen-bond donors (Lipinski definition) is 2. The highest BCUT2D eigenvalue weighted by Crippen LogP contribution is 2.36. The van der Waals surface area contributed by atoms with Gasteiger partial charge >= 0.3 is 0 Å². The second-order valence-corrected chi connectivity index (χ2v) is 5.29. The van der Waals surface area contributed by atoms with Crippen molar-refractivity contribution < 1.29 is 0 Å². The third-order valence-corrected chi connectivity index (χ3v) is 3.81. The van der Waals surface area contributed by atoms with Crippen LogP contribution in [0.3, 0.4) is 0 Å². The van der Waals surface area contributed by atoms with E-state index in [1.807, 2.05) is 6.20 Å². The number of aromatic nitrogens is 1. The lowest BCUT2D eigenvalue weighted by Crippen LogP contribution is -2.22. The topological polar surface area (TPSA) is 41.8 Å². The Kier molecular flexibility index (Phi) is 2.23. The lowest BCUT2D eigenvalue weighted by atomic mass is 10.0. The van der Waals surface area contributed by atoms with Crippen molar-refractivity contribution in [1.29, 1.82) is 0 Å². The number of H-pyrrole nitrogens is 1. The van der Waals surface area contributed by atoms with Gasteiger partial charge in [0.25, 0.3) is 0 Å². The van der Waals surface area contributed by atoms with E-state index in [-0.39, 0.29) is 5.54 Å². The van der Waals surface area contributed by atoms with E-state index in [2.05, 4.69) is 23.2 Å². The molecule has 0 bridgehead atoms. The molecule has 2 nitrogen and oxygen atoms in total. The van der Waals surface area contributed by atoms with Crippen LogP contribution in [0.25, 0.3) is 10.9 Å². The van der Waals surface area contributed by atoms with Gasteiger partial charge in [0.05, 0.1) is 5.02 Å². The molecule has 3 rings (SSSR count). The molecule has 1 aliphatic rings. The lowest BCUT2D eigenvalue weighted by Gasteiger charge is -2.08. The Morgan fingerprint density at radius 2 is 2.19 bits per heavy atom. The van der Waals surface area contributed by atoms with Crippen LogP contribution in [0.1, 0.15) is 24.8 Å². The number of fused-ring (bicyclic) bond motifs is 1. The molecule has 1 aromatic heterocycles. The van der Waals surface area contributed by atoms with Crippen LogP contribution in [-0.4, -0.2) is 10.5 Å². The molecule has 1 fully saturated rings. The Hall–Kier alpha value is -0.990. The lowest BCUT2D eigenvalue weighted by molar-refractivity contribution is 0.609. The molecule has 1 saturated carbocycles. The van der Waals surface area contributed by atoms with Crippen LogP contribution in [-0.2, 0) is 6.42 Å². The SMILES string of the molecule is NC1(CCc2ccc3[nH]cc(Cl)c3c2)CC1. The van der Waals surface area contributed by atoms with Gasteiger partial charge in [-0.15, -0.1) is 0 Å². The van der Waals surface area contributed by atoms with Gasteiger partial charge < -0.3 is 10.7 Å². The molecule has 16 heavy (non-hydrogen) atoms. The molecule has 3 heteroatoms. The maximum Gasteiger partial charge on any atom is 0.0659 e. The van der Waals surface area contributed by atoms with E-state index in [0.29, 0.717) is 0 Å². The monoisotopic (exact) mass is 234 g/mol. The Labute approximate surface area is 99.8 Å². The Morgan fingerprint density at radius 1 is 1.38 bits per heavy atom. The van der Waals surface area contributed by atoms with Gasteiger partial charge in [-0.2, -0.15) is 0 Å². The van der Waals surface area contributed by atoms with E-state index in [4.69, 9.17) is 17.3 Å². The predicted octanol–water partition coefficient (Wildman–Crippen LogP) is 3.25. The summed E-state index contributed by atoms with van der Waals surface area (Å²) in [5, 5.41) is 1.91. The van der Waals surface area contributed by atoms with Gasteiger partial charge in [0.2, 0.25) is 0 Å². The minimum absolute atomic E-state index is 0.136. The summed E-state index contributed by atoms with van der Waals surface area (Å²) in [6.45, 7) is 0. The Morgan fingerprint density at radius 3 is 2.94 bits per heavy atom. The number of nitrogens with one attached hydrogen (secondary N) is 1. The molecular formula is C13H15ClN2. The normalized spacial score (nSPS) is 17.9. The molecule has 1 aromatic carbocycles. The van der Waals surface area contributed by atoms with Crippen LogP contribution in [0.5, 0.6) is 0 Å². The third-order valence-electron chi connectivity index (χ3n) is 3.50. The second-order valence-electron chi connectivity index (χ2n) is 4.88. The molecule has 0 radical (unpaired) electrons. The maximum atomic E-state index is 6.09. The fourth-order valence-corrected chi connectivity index (χ4v) is 2.30. The van der Waals surface area contributed by atoms with Crippen molar-refractivity contribution in [3.05, 3.63) is 35.0 Å². The van der Waals surface area contributed by atoms with Crippen LogP contribution in [0.2, 0.25) is 5.02 Å². The molecule has 2 aromatic rings. The highest BCUT2D eigenvalue weighted by molar-refractivity contribution is 6.35. The molecule has 0 amide bonds. The number of aryl methyl sites for hydroxylation is 1. The van der Waals surface area contributed by atoms with Crippen LogP contribution < -0.4 is 5.73 Å². The zero-order valence-electron chi connectivity index (χ0n) is 9.09. The molecule has 0 aliphatic heterocycles. The van der Waals surface area contributed by atoms with E-state index in [0.717, 1.165) is 28.8 Å². The highest BCUT2D eigenvalue weighted by atomic mass is 35.5. The van der Waals surface area contributed by atoms with E-state index < -0.39 is 0 Å². The number of nitrogens with two attached hydrogens (primary N) is 1. The highest BCUT2D eigenvalue weighted by Gasteiger charge is 2.37. The van der Waals surface area contributed by atoms with Gasteiger partial charge in [0.1, 0.15) is 0 Å². The summed E-state index contributed by atoms with van der Waals surface area (Å²) in [5.41, 5.74) is 8.64. The molecule has 1 heterocycles. The summed E-state index contributed by atoms with van der Waals surface area (Å²) < 4.78 is 0. The van der Waals surface area contributed by atoms with Crippen molar-refractivity contribution >= 4 is 22.5 Å². The van der Waals surface area contributed by atoms with E-state index in [9.17, 15) is 0 Å². The predicted molar refractivity (Wildman–Crippen MR) is 67.8 cm³/mol. The van der Waals surface area contributed by atoms with Gasteiger partial charge in [-0.05, 0) is 43.4 Å². The molecule has 0 spiro atoms. The Balaban J connectivity index is 1.83. The summed E-state index contributed by atoms with van der Waals surface area (Å²) >= 11 is 6.09. The van der Waals surface area contributed by atoms with Crippen molar-refractivity contribution in [3.8, 4) is 0 Å². The van der Waals surface area contributed by atoms with Gasteiger partial charge in [-0.3, -0.25) is 0 Å². The van der Waals surface area contributed by atoms with E-state index in [1.165, 1.54) is 18.4 Å². The number of benzene rings is 1. The zero-order valence-corrected chi connectivity index (χ0v) is 9.85. The summed E-state index contributed by atoms with van der Waals surface area (Å²) in [7, 11) is 0. The largest absolute Gasteiger partial charge is 0.360 e. The number of aromatic amines is 1. The van der Waals surface area contributed by atoms with Crippen molar-refractivity contribution in [1.82, 2.24) is 4.98 Å². The van der Waals surface area contributed by atoms with Crippen LogP contribution in [0.4, 0.5) is 0 Å². The number of hydrogen-bond acceptors (Lipinski definition) is 1. The third kappa shape index (κ3) is 1.83. The quantitative estimate of drug-likeness (QED) is 0.841. The number of halogens is 1. The first-order valence-corrected chi connectivity index (χ1v) is 6.09. The fourth-order valence-electron chi connectivity index (χ4n) is 2.09. The summed E-state index contributed by atoms with van der Waals surface area (Å²) in [4.78, 5) is 3.14. The van der Waals surface area contributed by atoms with Crippen molar-refractivity contribution in [3.63, 3.8) is 0 Å². The first-order chi connectivity index (χ1) is 7.66. The molecular weight excluding hydrogens is 220 g/mol. The van der Waals surface area contributed by atoms with Crippen LogP contribution in [0, 0.1) is 0 Å². The van der Waals surface area contributed by atoms with Crippen LogP contribution >= 0.6 is 11.6 Å². The molecule has 1 aliphatic carbocycles. The summed E-state index contributed by atoms with van der Waals surface area (Å²) in [6, 6.07) is 6.41. The summed E-state index contributed by atoms with van der Waals surface area (Å²) in [5.74, 6) is 0. The van der Waals surface area contributed by atoms with E-state index >= 15 is 0 Å². The fraction of sp³-hybridized carbons (Fsp3) is 0.385. The minimum atomic E-state index is 0.136. The first kappa shape index (κ1) is 10.2.